The second-order valence-corrected chi connectivity index (χ2v) is 9.68. The molecule has 0 aliphatic rings. The molecule has 0 aromatic heterocycles. The molecule has 12 heteroatoms. The van der Waals surface area contributed by atoms with Crippen LogP contribution in [0.1, 0.15) is 40.5 Å². The first-order valence-electron chi connectivity index (χ1n) is 8.45. The minimum Gasteiger partial charge on any atom is -0.493 e. The van der Waals surface area contributed by atoms with Gasteiger partial charge in [0.2, 0.25) is 0 Å². The highest BCUT2D eigenvalue weighted by molar-refractivity contribution is 7.46. The van der Waals surface area contributed by atoms with Crippen LogP contribution in [0.15, 0.2) is 24.3 Å². The summed E-state index contributed by atoms with van der Waals surface area (Å²) in [5.74, 6) is 1.09. The first kappa shape index (κ1) is 25.1. The quantitative estimate of drug-likeness (QED) is 0.355. The van der Waals surface area contributed by atoms with Crippen LogP contribution in [0.2, 0.25) is 0 Å². The van der Waals surface area contributed by atoms with Crippen LogP contribution in [0.25, 0.3) is 0 Å². The van der Waals surface area contributed by atoms with Gasteiger partial charge in [-0.1, -0.05) is 0 Å². The van der Waals surface area contributed by atoms with E-state index in [2.05, 4.69) is 0 Å². The van der Waals surface area contributed by atoms with Crippen LogP contribution in [-0.4, -0.2) is 44.0 Å². The van der Waals surface area contributed by atoms with E-state index < -0.39 is 26.8 Å². The van der Waals surface area contributed by atoms with Crippen LogP contribution in [0.4, 0.5) is 0 Å². The van der Waals surface area contributed by atoms with E-state index >= 15 is 0 Å². The lowest BCUT2D eigenvalue weighted by molar-refractivity contribution is 0.0443. The Morgan fingerprint density at radius 1 is 0.714 bits per heavy atom. The van der Waals surface area contributed by atoms with Gasteiger partial charge in [0.1, 0.15) is 11.5 Å². The highest BCUT2D eigenvalue weighted by atomic mass is 31.2. The van der Waals surface area contributed by atoms with E-state index in [9.17, 15) is 9.13 Å². The van der Waals surface area contributed by atoms with E-state index in [1.165, 1.54) is 0 Å². The maximum Gasteiger partial charge on any atom is 0.470 e. The monoisotopic (exact) mass is 442 g/mol. The number of hydrogen-bond acceptors (Lipinski definition) is 6. The lowest BCUT2D eigenvalue weighted by Crippen LogP contribution is -2.26. The van der Waals surface area contributed by atoms with Crippen LogP contribution in [-0.2, 0) is 18.2 Å². The molecule has 0 saturated carbocycles. The van der Waals surface area contributed by atoms with E-state index in [4.69, 9.17) is 38.1 Å². The topological polar surface area (TPSA) is 152 Å². The molecule has 1 aromatic carbocycles. The van der Waals surface area contributed by atoms with Crippen molar-refractivity contribution in [1.82, 2.24) is 0 Å². The van der Waals surface area contributed by atoms with Crippen LogP contribution in [0, 0.1) is 0 Å². The van der Waals surface area contributed by atoms with Gasteiger partial charge >= 0.3 is 15.6 Å². The summed E-state index contributed by atoms with van der Waals surface area (Å²) in [5.41, 5.74) is -2.08. The molecule has 28 heavy (non-hydrogen) atoms. The molecule has 10 nitrogen and oxygen atoms in total. The molecule has 1 rings (SSSR count). The number of ether oxygens (including phenoxy) is 2. The Kier molecular flexibility index (Phi) is 8.68. The first-order chi connectivity index (χ1) is 12.6. The molecule has 0 fully saturated rings. The SMILES string of the molecule is CC(C)(CCOc1ccc(OCCC(C)(C)OP(=O)(O)O)cc1)OP(=O)(O)O. The van der Waals surface area contributed by atoms with Gasteiger partial charge in [0.15, 0.2) is 0 Å². The highest BCUT2D eigenvalue weighted by Gasteiger charge is 2.29. The zero-order valence-electron chi connectivity index (χ0n) is 16.3. The summed E-state index contributed by atoms with van der Waals surface area (Å²) in [6, 6.07) is 6.68. The molecule has 0 aliphatic heterocycles. The third-order valence-electron chi connectivity index (χ3n) is 3.50. The van der Waals surface area contributed by atoms with Crippen molar-refractivity contribution < 1.29 is 47.2 Å². The fraction of sp³-hybridized carbons (Fsp3) is 0.625. The minimum atomic E-state index is -4.57. The summed E-state index contributed by atoms with van der Waals surface area (Å²) in [4.78, 5) is 35.5. The molecule has 0 spiro atoms. The van der Waals surface area contributed by atoms with Crippen LogP contribution < -0.4 is 9.47 Å². The third-order valence-corrected chi connectivity index (χ3v) is 4.97. The largest absolute Gasteiger partial charge is 0.493 e. The predicted molar refractivity (Wildman–Crippen MR) is 101 cm³/mol. The minimum absolute atomic E-state index is 0.196. The fourth-order valence-electron chi connectivity index (χ4n) is 2.20. The molecule has 4 N–H and O–H groups in total. The lowest BCUT2D eigenvalue weighted by atomic mass is 10.1. The van der Waals surface area contributed by atoms with Gasteiger partial charge < -0.3 is 29.0 Å². The highest BCUT2D eigenvalue weighted by Crippen LogP contribution is 2.43. The second-order valence-electron chi connectivity index (χ2n) is 7.35. The molecule has 0 atom stereocenters. The van der Waals surface area contributed by atoms with Gasteiger partial charge in [-0.3, -0.25) is 9.05 Å². The van der Waals surface area contributed by atoms with Crippen molar-refractivity contribution >= 4 is 15.6 Å². The van der Waals surface area contributed by atoms with Crippen LogP contribution in [0.3, 0.4) is 0 Å². The summed E-state index contributed by atoms with van der Waals surface area (Å²) < 4.78 is 42.3. The van der Waals surface area contributed by atoms with E-state index in [1.807, 2.05) is 0 Å². The average Bonchev–Trinajstić information content (AvgIpc) is 2.43. The van der Waals surface area contributed by atoms with Gasteiger partial charge in [-0.15, -0.1) is 0 Å². The standard InChI is InChI=1S/C16H28O10P2/c1-15(2,25-27(17,18)19)9-11-23-13-5-7-14(8-6-13)24-12-10-16(3,4)26-28(20,21)22/h5-8H,9-12H2,1-4H3,(H2,17,18,19)(H2,20,21,22). The number of hydrogen-bond donors (Lipinski definition) is 4. The second kappa shape index (κ2) is 9.69. The molecule has 0 amide bonds. The number of phosphoric acid groups is 2. The zero-order chi connectivity index (χ0) is 21.6. The smallest absolute Gasteiger partial charge is 0.470 e. The Bertz CT molecular complexity index is 644. The summed E-state index contributed by atoms with van der Waals surface area (Å²) in [6.07, 6.45) is 0.538. The zero-order valence-corrected chi connectivity index (χ0v) is 18.1. The Labute approximate surface area is 164 Å². The molecular formula is C16H28O10P2. The summed E-state index contributed by atoms with van der Waals surface area (Å²) in [5, 5.41) is 0. The van der Waals surface area contributed by atoms with Gasteiger partial charge in [0.25, 0.3) is 0 Å². The molecule has 0 aliphatic carbocycles. The van der Waals surface area contributed by atoms with Crippen molar-refractivity contribution in [3.63, 3.8) is 0 Å². The molecule has 162 valence electrons. The number of phosphoric ester groups is 2. The Hall–Kier alpha value is -0.960. The molecule has 0 bridgehead atoms. The molecule has 0 radical (unpaired) electrons. The fourth-order valence-corrected chi connectivity index (χ4v) is 3.67. The lowest BCUT2D eigenvalue weighted by Gasteiger charge is -2.25. The first-order valence-corrected chi connectivity index (χ1v) is 11.5. The van der Waals surface area contributed by atoms with Crippen molar-refractivity contribution in [2.24, 2.45) is 0 Å². The van der Waals surface area contributed by atoms with Crippen molar-refractivity contribution in [2.45, 2.75) is 51.7 Å². The van der Waals surface area contributed by atoms with Crippen molar-refractivity contribution in [2.75, 3.05) is 13.2 Å². The molecular weight excluding hydrogens is 414 g/mol. The van der Waals surface area contributed by atoms with E-state index in [1.54, 1.807) is 52.0 Å². The van der Waals surface area contributed by atoms with Gasteiger partial charge in [0.05, 0.1) is 24.4 Å². The Morgan fingerprint density at radius 3 is 1.25 bits per heavy atom. The summed E-state index contributed by atoms with van der Waals surface area (Å²) >= 11 is 0. The van der Waals surface area contributed by atoms with Crippen molar-refractivity contribution in [1.29, 1.82) is 0 Å². The Balaban J connectivity index is 2.41. The van der Waals surface area contributed by atoms with E-state index in [0.29, 0.717) is 11.5 Å². The predicted octanol–water partition coefficient (Wildman–Crippen LogP) is 3.00. The molecule has 0 heterocycles. The van der Waals surface area contributed by atoms with Gasteiger partial charge in [0, 0.05) is 12.8 Å². The van der Waals surface area contributed by atoms with Gasteiger partial charge in [-0.05, 0) is 52.0 Å². The van der Waals surface area contributed by atoms with Gasteiger partial charge in [-0.2, -0.15) is 0 Å². The van der Waals surface area contributed by atoms with E-state index in [-0.39, 0.29) is 26.1 Å². The van der Waals surface area contributed by atoms with E-state index in [0.717, 1.165) is 0 Å². The molecule has 1 aromatic rings. The third kappa shape index (κ3) is 11.8. The van der Waals surface area contributed by atoms with Crippen molar-refractivity contribution in [3.05, 3.63) is 24.3 Å². The van der Waals surface area contributed by atoms with Crippen LogP contribution in [0.5, 0.6) is 11.5 Å². The number of rotatable bonds is 12. The average molecular weight is 442 g/mol. The summed E-state index contributed by atoms with van der Waals surface area (Å²) in [6.45, 7) is 6.63. The summed E-state index contributed by atoms with van der Waals surface area (Å²) in [7, 11) is -9.13. The maximum atomic E-state index is 10.9. The maximum absolute atomic E-state index is 10.9. The van der Waals surface area contributed by atoms with Gasteiger partial charge in [-0.25, -0.2) is 9.13 Å². The molecule has 0 unspecified atom stereocenters. The molecule has 0 saturated heterocycles. The Morgan fingerprint density at radius 2 is 1.00 bits per heavy atom. The normalized spacial score (nSPS) is 13.4. The number of benzene rings is 1. The van der Waals surface area contributed by atoms with Crippen LogP contribution >= 0.6 is 15.6 Å². The van der Waals surface area contributed by atoms with Crippen molar-refractivity contribution in [3.8, 4) is 11.5 Å².